The van der Waals surface area contributed by atoms with E-state index in [0.29, 0.717) is 23.4 Å². The lowest BCUT2D eigenvalue weighted by Gasteiger charge is -2.50. The summed E-state index contributed by atoms with van der Waals surface area (Å²) in [5.41, 5.74) is 3.68. The second-order valence-electron chi connectivity index (χ2n) is 10.3. The maximum Gasteiger partial charge on any atom is 0.255 e. The van der Waals surface area contributed by atoms with E-state index in [1.165, 1.54) is 17.2 Å². The lowest BCUT2D eigenvalue weighted by atomic mass is 9.57. The van der Waals surface area contributed by atoms with Crippen molar-refractivity contribution in [1.29, 1.82) is 0 Å². The van der Waals surface area contributed by atoms with E-state index in [1.807, 2.05) is 0 Å². The molecule has 0 aliphatic heterocycles. The highest BCUT2D eigenvalue weighted by Crippen LogP contribution is 2.53. The van der Waals surface area contributed by atoms with Crippen LogP contribution >= 0.6 is 0 Å². The van der Waals surface area contributed by atoms with Crippen molar-refractivity contribution in [3.8, 4) is 17.1 Å². The number of nitrogens with one attached hydrogen (secondary N) is 1. The predicted octanol–water partition coefficient (Wildman–Crippen LogP) is 0.943. The number of nitrogens with two attached hydrogens (primary N) is 1. The predicted molar refractivity (Wildman–Crippen MR) is 135 cm³/mol. The molecular formula is C27H29N3O8. The molecule has 0 radical (unpaired) electrons. The number of nitrogens with zero attached hydrogens (tertiary/aromatic N) is 1. The first kappa shape index (κ1) is 25.7. The zero-order valence-electron chi connectivity index (χ0n) is 21.1. The first-order valence-corrected chi connectivity index (χ1v) is 12.2. The van der Waals surface area contributed by atoms with Crippen molar-refractivity contribution >= 4 is 23.2 Å². The van der Waals surface area contributed by atoms with E-state index in [-0.39, 0.29) is 29.7 Å². The Morgan fingerprint density at radius 3 is 2.55 bits per heavy atom. The summed E-state index contributed by atoms with van der Waals surface area (Å²) in [4.78, 5) is 40.7. The number of amides is 1. The number of hydrogen-bond donors (Lipinski definition) is 6. The van der Waals surface area contributed by atoms with Gasteiger partial charge in [0.15, 0.2) is 11.4 Å². The Balaban J connectivity index is 1.73. The molecule has 0 spiro atoms. The summed E-state index contributed by atoms with van der Waals surface area (Å²) in [5, 5.41) is 47.8. The third-order valence-electron chi connectivity index (χ3n) is 7.96. The van der Waals surface area contributed by atoms with E-state index in [0.717, 1.165) is 5.56 Å². The van der Waals surface area contributed by atoms with Crippen LogP contribution in [0, 0.1) is 11.8 Å². The molecule has 1 aromatic carbocycles. The fourth-order valence-electron chi connectivity index (χ4n) is 6.36. The number of primary amides is 1. The number of aromatic hydroxyl groups is 1. The van der Waals surface area contributed by atoms with Crippen molar-refractivity contribution in [3.05, 3.63) is 58.1 Å². The molecule has 1 saturated carbocycles. The highest BCUT2D eigenvalue weighted by atomic mass is 16.3. The Bertz CT molecular complexity index is 1450. The lowest BCUT2D eigenvalue weighted by molar-refractivity contribution is -0.153. The van der Waals surface area contributed by atoms with Gasteiger partial charge in [-0.2, -0.15) is 0 Å². The fourth-order valence-corrected chi connectivity index (χ4v) is 6.36. The van der Waals surface area contributed by atoms with Crippen molar-refractivity contribution in [2.45, 2.75) is 31.0 Å². The van der Waals surface area contributed by atoms with Crippen molar-refractivity contribution in [2.75, 3.05) is 21.1 Å². The van der Waals surface area contributed by atoms with Gasteiger partial charge in [-0.05, 0) is 63.7 Å². The van der Waals surface area contributed by atoms with Crippen LogP contribution in [0.5, 0.6) is 5.75 Å². The number of Topliss-reactive ketones (excluding diaryl/α,β-unsaturated/α-hetero) is 2. The molecule has 5 rings (SSSR count). The number of carbonyl (C=O) groups is 3. The largest absolute Gasteiger partial charge is 0.508 e. The zero-order chi connectivity index (χ0) is 27.7. The standard InChI is InChI=1S/C27H29N3O8/c1-29-10-11-6-7-38-23(11)13-4-5-16(31)18-14(13)8-12-9-15-20(30(2)3)22(33)19(26(28)36)25(35)27(15,37)24(34)17(12)21(18)32/h4-7,12,15,20,29,31-32,35,37H,8-10H2,1-3H3,(H2,28,36)/t12-,15-,20-,27-/m0/s1. The van der Waals surface area contributed by atoms with E-state index < -0.39 is 58.0 Å². The van der Waals surface area contributed by atoms with Gasteiger partial charge in [0, 0.05) is 29.2 Å². The number of ketones is 2. The van der Waals surface area contributed by atoms with Crippen LogP contribution in [-0.2, 0) is 27.3 Å². The Morgan fingerprint density at radius 1 is 1.21 bits per heavy atom. The minimum Gasteiger partial charge on any atom is -0.508 e. The smallest absolute Gasteiger partial charge is 0.255 e. The van der Waals surface area contributed by atoms with Crippen LogP contribution in [-0.4, -0.2) is 75.6 Å². The van der Waals surface area contributed by atoms with E-state index in [9.17, 15) is 34.8 Å². The van der Waals surface area contributed by atoms with Gasteiger partial charge in [0.1, 0.15) is 28.6 Å². The number of furan rings is 1. The molecule has 0 bridgehead atoms. The van der Waals surface area contributed by atoms with Crippen LogP contribution in [0.3, 0.4) is 0 Å². The number of phenols is 1. The Hall–Kier alpha value is -3.93. The summed E-state index contributed by atoms with van der Waals surface area (Å²) in [6.07, 6.45) is 1.73. The van der Waals surface area contributed by atoms with Gasteiger partial charge in [-0.25, -0.2) is 0 Å². The summed E-state index contributed by atoms with van der Waals surface area (Å²) in [6.45, 7) is 0.506. The normalized spacial score (nSPS) is 26.9. The molecule has 1 fully saturated rings. The van der Waals surface area contributed by atoms with Crippen molar-refractivity contribution in [1.82, 2.24) is 10.2 Å². The Kier molecular flexibility index (Phi) is 5.97. The average Bonchev–Trinajstić information content (AvgIpc) is 3.29. The maximum atomic E-state index is 13.9. The van der Waals surface area contributed by atoms with Gasteiger partial charge >= 0.3 is 0 Å². The van der Waals surface area contributed by atoms with Gasteiger partial charge in [0.25, 0.3) is 5.91 Å². The monoisotopic (exact) mass is 523 g/mol. The van der Waals surface area contributed by atoms with Crippen molar-refractivity contribution in [2.24, 2.45) is 17.6 Å². The Morgan fingerprint density at radius 2 is 1.92 bits per heavy atom. The summed E-state index contributed by atoms with van der Waals surface area (Å²) in [6, 6.07) is 3.72. The van der Waals surface area contributed by atoms with E-state index >= 15 is 0 Å². The molecular weight excluding hydrogens is 494 g/mol. The summed E-state index contributed by atoms with van der Waals surface area (Å²) in [5.74, 6) is -6.30. The average molecular weight is 524 g/mol. The summed E-state index contributed by atoms with van der Waals surface area (Å²) in [7, 11) is 4.91. The van der Waals surface area contributed by atoms with E-state index in [2.05, 4.69) is 5.32 Å². The highest BCUT2D eigenvalue weighted by molar-refractivity contribution is 6.24. The van der Waals surface area contributed by atoms with Crippen LogP contribution in [0.2, 0.25) is 0 Å². The molecule has 7 N–H and O–H groups in total. The third-order valence-corrected chi connectivity index (χ3v) is 7.96. The number of fused-ring (bicyclic) bond motifs is 3. The molecule has 4 atom stereocenters. The number of phenolic OH excluding ortho intramolecular Hbond substituents is 1. The molecule has 0 saturated heterocycles. The van der Waals surface area contributed by atoms with Crippen molar-refractivity contribution in [3.63, 3.8) is 0 Å². The molecule has 2 aromatic rings. The molecule has 11 nitrogen and oxygen atoms in total. The van der Waals surface area contributed by atoms with Crippen LogP contribution in [0.4, 0.5) is 0 Å². The van der Waals surface area contributed by atoms with E-state index in [1.54, 1.807) is 33.3 Å². The quantitative estimate of drug-likeness (QED) is 0.308. The second-order valence-corrected chi connectivity index (χ2v) is 10.3. The molecule has 0 unspecified atom stereocenters. The molecule has 200 valence electrons. The van der Waals surface area contributed by atoms with Crippen LogP contribution in [0.25, 0.3) is 17.1 Å². The first-order chi connectivity index (χ1) is 17.9. The minimum absolute atomic E-state index is 0.0163. The van der Waals surface area contributed by atoms with Gasteiger partial charge in [0.05, 0.1) is 17.9 Å². The molecule has 3 aliphatic rings. The minimum atomic E-state index is -2.67. The van der Waals surface area contributed by atoms with Crippen LogP contribution in [0.1, 0.15) is 23.1 Å². The number of aliphatic hydroxyl groups excluding tert-OH is 2. The second kappa shape index (κ2) is 8.83. The number of rotatable bonds is 5. The molecule has 3 aliphatic carbocycles. The third kappa shape index (κ3) is 3.35. The number of aliphatic hydroxyl groups is 3. The molecule has 1 aromatic heterocycles. The summed E-state index contributed by atoms with van der Waals surface area (Å²) >= 11 is 0. The topological polar surface area (TPSA) is 187 Å². The highest BCUT2D eigenvalue weighted by Gasteiger charge is 2.64. The van der Waals surface area contributed by atoms with Gasteiger partial charge in [-0.15, -0.1) is 0 Å². The SMILES string of the molecule is CNCc1ccoc1-c1ccc(O)c2c1C[C@H]1C[C@H]3[C@H](N(C)C)C(=O)C(C(N)=O)=C(O)[C@@]3(O)C(=O)C1=C2O. The van der Waals surface area contributed by atoms with Gasteiger partial charge in [0.2, 0.25) is 5.78 Å². The number of hydrogen-bond acceptors (Lipinski definition) is 10. The van der Waals surface area contributed by atoms with Crippen LogP contribution in [0.15, 0.2) is 45.8 Å². The van der Waals surface area contributed by atoms with Gasteiger partial charge in [-0.3, -0.25) is 19.3 Å². The lowest BCUT2D eigenvalue weighted by Crippen LogP contribution is -2.65. The van der Waals surface area contributed by atoms with Gasteiger partial charge < -0.3 is 35.9 Å². The van der Waals surface area contributed by atoms with Crippen LogP contribution < -0.4 is 11.1 Å². The fraction of sp³-hybridized carbons (Fsp3) is 0.370. The number of likely N-dealkylation sites (N-methyl/N-ethyl adjacent to an activating group) is 1. The zero-order valence-corrected chi connectivity index (χ0v) is 21.1. The molecule has 11 heteroatoms. The van der Waals surface area contributed by atoms with Gasteiger partial charge in [-0.1, -0.05) is 0 Å². The molecule has 38 heavy (non-hydrogen) atoms. The van der Waals surface area contributed by atoms with E-state index in [4.69, 9.17) is 10.2 Å². The summed E-state index contributed by atoms with van der Waals surface area (Å²) < 4.78 is 5.75. The number of carbonyl (C=O) groups excluding carboxylic acids is 3. The van der Waals surface area contributed by atoms with Crippen molar-refractivity contribution < 1.29 is 39.2 Å². The molecule has 1 amide bonds. The number of benzene rings is 1. The first-order valence-electron chi connectivity index (χ1n) is 12.2. The maximum absolute atomic E-state index is 13.9. The molecule has 1 heterocycles. The Labute approximate surface area is 217 Å².